The standard InChI is InChI=1S/C48H51BN2O/c1-28-21-39-43-40(22-28)51-44-34(47(9)19-13-14-20-48(47,51)10)24-31(46(6,7)8)25-36(44)49(43)35-26-33-32-15-11-12-16-41(32)52-42(33)27-38(35)50(39)37-18-17-30(23-29(37)2)45(3,4)5/h11-12,15-18,21-27H,13-14,19-20H2,1-10H3. The van der Waals surface area contributed by atoms with Gasteiger partial charge in [-0.05, 0) is 113 Å². The molecule has 1 aromatic heterocycles. The molecule has 0 radical (unpaired) electrons. The first-order valence-electron chi connectivity index (χ1n) is 19.6. The average Bonchev–Trinajstić information content (AvgIpc) is 3.54. The van der Waals surface area contributed by atoms with Crippen molar-refractivity contribution in [3.8, 4) is 0 Å². The van der Waals surface area contributed by atoms with E-state index >= 15 is 0 Å². The molecular formula is C48H51BN2O. The number of anilines is 5. The van der Waals surface area contributed by atoms with Crippen LogP contribution in [-0.2, 0) is 16.2 Å². The summed E-state index contributed by atoms with van der Waals surface area (Å²) in [7, 11) is 0. The van der Waals surface area contributed by atoms with Crippen LogP contribution in [0.5, 0.6) is 0 Å². The molecule has 3 nitrogen and oxygen atoms in total. The Morgan fingerprint density at radius 3 is 2.13 bits per heavy atom. The molecule has 0 bridgehead atoms. The van der Waals surface area contributed by atoms with Crippen LogP contribution in [-0.4, -0.2) is 12.3 Å². The molecule has 10 rings (SSSR count). The fraction of sp³-hybridized carbons (Fsp3) is 0.375. The first-order chi connectivity index (χ1) is 24.6. The Kier molecular flexibility index (Phi) is 6.30. The van der Waals surface area contributed by atoms with Crippen LogP contribution in [0.4, 0.5) is 28.4 Å². The fourth-order valence-corrected chi connectivity index (χ4v) is 10.8. The van der Waals surface area contributed by atoms with Crippen LogP contribution in [0.15, 0.2) is 83.3 Å². The molecule has 1 aliphatic carbocycles. The highest BCUT2D eigenvalue weighted by Gasteiger charge is 2.61. The van der Waals surface area contributed by atoms with E-state index in [0.717, 1.165) is 11.2 Å². The summed E-state index contributed by atoms with van der Waals surface area (Å²) in [5.41, 5.74) is 20.0. The quantitative estimate of drug-likeness (QED) is 0.161. The lowest BCUT2D eigenvalue weighted by atomic mass is 9.33. The number of furan rings is 1. The van der Waals surface area contributed by atoms with Crippen LogP contribution in [0.2, 0.25) is 0 Å². The third kappa shape index (κ3) is 4.05. The van der Waals surface area contributed by atoms with Gasteiger partial charge in [0.1, 0.15) is 11.2 Å². The summed E-state index contributed by atoms with van der Waals surface area (Å²) in [4.78, 5) is 5.44. The number of benzene rings is 5. The van der Waals surface area contributed by atoms with E-state index in [1.807, 2.05) is 0 Å². The summed E-state index contributed by atoms with van der Waals surface area (Å²) in [6, 6.07) is 30.8. The molecule has 2 unspecified atom stereocenters. The van der Waals surface area contributed by atoms with Gasteiger partial charge in [0, 0.05) is 50.7 Å². The van der Waals surface area contributed by atoms with Crippen LogP contribution in [0.25, 0.3) is 21.9 Å². The number of rotatable bonds is 1. The van der Waals surface area contributed by atoms with Crippen molar-refractivity contribution in [1.82, 2.24) is 0 Å². The minimum absolute atomic E-state index is 0.00846. The van der Waals surface area contributed by atoms with Gasteiger partial charge in [0.25, 0.3) is 6.71 Å². The highest BCUT2D eigenvalue weighted by atomic mass is 16.3. The summed E-state index contributed by atoms with van der Waals surface area (Å²) >= 11 is 0. The van der Waals surface area contributed by atoms with Crippen LogP contribution in [0, 0.1) is 13.8 Å². The van der Waals surface area contributed by atoms with Crippen molar-refractivity contribution in [2.75, 3.05) is 9.80 Å². The van der Waals surface area contributed by atoms with Crippen LogP contribution in [0.1, 0.15) is 109 Å². The van der Waals surface area contributed by atoms with Gasteiger partial charge in [0.15, 0.2) is 0 Å². The zero-order chi connectivity index (χ0) is 36.3. The molecule has 0 saturated heterocycles. The number of hydrogen-bond acceptors (Lipinski definition) is 3. The Morgan fingerprint density at radius 1 is 0.654 bits per heavy atom. The van der Waals surface area contributed by atoms with E-state index in [1.54, 1.807) is 5.56 Å². The van der Waals surface area contributed by atoms with Gasteiger partial charge < -0.3 is 14.2 Å². The number of aryl methyl sites for hydroxylation is 2. The van der Waals surface area contributed by atoms with Crippen LogP contribution in [0.3, 0.4) is 0 Å². The summed E-state index contributed by atoms with van der Waals surface area (Å²) in [6.45, 7) is 24.0. The van der Waals surface area contributed by atoms with Crippen molar-refractivity contribution in [3.63, 3.8) is 0 Å². The van der Waals surface area contributed by atoms with Crippen LogP contribution >= 0.6 is 0 Å². The number of fused-ring (bicyclic) bond motifs is 10. The lowest BCUT2D eigenvalue weighted by molar-refractivity contribution is 0.195. The van der Waals surface area contributed by atoms with E-state index in [9.17, 15) is 0 Å². The second kappa shape index (κ2) is 10.2. The zero-order valence-corrected chi connectivity index (χ0v) is 32.7. The summed E-state index contributed by atoms with van der Waals surface area (Å²) < 4.78 is 6.65. The Morgan fingerprint density at radius 2 is 1.38 bits per heavy atom. The Hall–Kier alpha value is -4.44. The zero-order valence-electron chi connectivity index (χ0n) is 32.7. The molecule has 6 aromatic rings. The first kappa shape index (κ1) is 32.2. The monoisotopic (exact) mass is 682 g/mol. The largest absolute Gasteiger partial charge is 0.456 e. The SMILES string of the molecule is Cc1cc2c3c(c1)N1c4c(cc(C(C)(C)C)cc4C4(C)CCCCC14C)B3c1cc3c(cc1N2c1ccc(C(C)(C)C)cc1C)oc1ccccc13. The Balaban J connectivity index is 1.36. The fourth-order valence-electron chi connectivity index (χ4n) is 10.8. The maximum atomic E-state index is 6.65. The van der Waals surface area contributed by atoms with Gasteiger partial charge in [-0.25, -0.2) is 0 Å². The number of hydrogen-bond donors (Lipinski definition) is 0. The number of nitrogens with zero attached hydrogens (tertiary/aromatic N) is 2. The minimum atomic E-state index is -0.00846. The topological polar surface area (TPSA) is 19.6 Å². The molecule has 262 valence electrons. The van der Waals surface area contributed by atoms with Crippen molar-refractivity contribution in [2.24, 2.45) is 0 Å². The maximum absolute atomic E-state index is 6.65. The first-order valence-corrected chi connectivity index (χ1v) is 19.6. The van der Waals surface area contributed by atoms with E-state index in [1.165, 1.54) is 104 Å². The number of para-hydroxylation sites is 1. The molecular weight excluding hydrogens is 631 g/mol. The summed E-state index contributed by atoms with van der Waals surface area (Å²) in [5, 5.41) is 2.38. The normalized spacial score (nSPS) is 21.8. The van der Waals surface area contributed by atoms with Crippen molar-refractivity contribution in [1.29, 1.82) is 0 Å². The Labute approximate surface area is 310 Å². The van der Waals surface area contributed by atoms with Gasteiger partial charge in [0.05, 0.1) is 5.54 Å². The highest BCUT2D eigenvalue weighted by Crippen LogP contribution is 2.62. The molecule has 0 amide bonds. The predicted molar refractivity (Wildman–Crippen MR) is 223 cm³/mol. The highest BCUT2D eigenvalue weighted by molar-refractivity contribution is 7.00. The minimum Gasteiger partial charge on any atom is -0.456 e. The van der Waals surface area contributed by atoms with Gasteiger partial charge in [-0.2, -0.15) is 0 Å². The molecule has 52 heavy (non-hydrogen) atoms. The second-order valence-corrected chi connectivity index (χ2v) is 19.1. The molecule has 4 heteroatoms. The molecule has 2 atom stereocenters. The summed E-state index contributed by atoms with van der Waals surface area (Å²) in [5.74, 6) is 0. The van der Waals surface area contributed by atoms with E-state index < -0.39 is 0 Å². The van der Waals surface area contributed by atoms with E-state index in [2.05, 4.69) is 158 Å². The van der Waals surface area contributed by atoms with Crippen molar-refractivity contribution in [2.45, 2.75) is 117 Å². The van der Waals surface area contributed by atoms with Crippen molar-refractivity contribution < 1.29 is 4.42 Å². The van der Waals surface area contributed by atoms with Gasteiger partial charge in [-0.1, -0.05) is 110 Å². The molecule has 4 aliphatic rings. The summed E-state index contributed by atoms with van der Waals surface area (Å²) in [6.07, 6.45) is 4.98. The van der Waals surface area contributed by atoms with Gasteiger partial charge in [-0.15, -0.1) is 0 Å². The van der Waals surface area contributed by atoms with Gasteiger partial charge in [-0.3, -0.25) is 0 Å². The van der Waals surface area contributed by atoms with Crippen molar-refractivity contribution >= 4 is 73.5 Å². The maximum Gasteiger partial charge on any atom is 0.252 e. The van der Waals surface area contributed by atoms with Crippen LogP contribution < -0.4 is 26.2 Å². The molecule has 1 fully saturated rings. The second-order valence-electron chi connectivity index (χ2n) is 19.1. The molecule has 0 spiro atoms. The van der Waals surface area contributed by atoms with Gasteiger partial charge in [0.2, 0.25) is 0 Å². The average molecular weight is 683 g/mol. The lowest BCUT2D eigenvalue weighted by Crippen LogP contribution is -2.64. The molecule has 5 aromatic carbocycles. The van der Waals surface area contributed by atoms with E-state index in [4.69, 9.17) is 4.42 Å². The van der Waals surface area contributed by atoms with Gasteiger partial charge >= 0.3 is 0 Å². The molecule has 3 aliphatic heterocycles. The molecule has 4 heterocycles. The molecule has 0 N–H and O–H groups in total. The van der Waals surface area contributed by atoms with E-state index in [-0.39, 0.29) is 28.5 Å². The smallest absolute Gasteiger partial charge is 0.252 e. The lowest BCUT2D eigenvalue weighted by Gasteiger charge is -2.53. The third-order valence-corrected chi connectivity index (χ3v) is 13.8. The Bertz CT molecular complexity index is 2530. The van der Waals surface area contributed by atoms with E-state index in [0.29, 0.717) is 0 Å². The predicted octanol–water partition coefficient (Wildman–Crippen LogP) is 11.2. The third-order valence-electron chi connectivity index (χ3n) is 13.8. The molecule has 1 saturated carbocycles. The van der Waals surface area contributed by atoms with Crippen molar-refractivity contribution in [3.05, 3.63) is 107 Å².